The van der Waals surface area contributed by atoms with Crippen LogP contribution in [0.2, 0.25) is 5.02 Å². The molecule has 1 atom stereocenters. The lowest BCUT2D eigenvalue weighted by molar-refractivity contribution is -0.117. The van der Waals surface area contributed by atoms with E-state index in [2.05, 4.69) is 10.6 Å². The lowest BCUT2D eigenvalue weighted by Crippen LogP contribution is -2.28. The van der Waals surface area contributed by atoms with Gasteiger partial charge in [0, 0.05) is 18.3 Å². The highest BCUT2D eigenvalue weighted by atomic mass is 35.5. The summed E-state index contributed by atoms with van der Waals surface area (Å²) in [7, 11) is 2.99. The fourth-order valence-electron chi connectivity index (χ4n) is 2.37. The number of anilines is 1. The predicted octanol–water partition coefficient (Wildman–Crippen LogP) is 4.05. The third-order valence-electron chi connectivity index (χ3n) is 3.86. The van der Waals surface area contributed by atoms with Crippen molar-refractivity contribution < 1.29 is 14.3 Å². The summed E-state index contributed by atoms with van der Waals surface area (Å²) in [6.07, 6.45) is 1.32. The van der Waals surface area contributed by atoms with E-state index in [1.165, 1.54) is 20.4 Å². The number of nitrogens with one attached hydrogen (secondary N) is 2. The lowest BCUT2D eigenvalue weighted by atomic mass is 10.1. The highest BCUT2D eigenvalue weighted by Crippen LogP contribution is 2.35. The number of hydrogen-bond donors (Lipinski definition) is 2. The van der Waals surface area contributed by atoms with Gasteiger partial charge in [0.15, 0.2) is 0 Å². The first-order valence-electron chi connectivity index (χ1n) is 8.14. The third-order valence-corrected chi connectivity index (χ3v) is 4.15. The number of carbonyl (C=O) groups is 1. The van der Waals surface area contributed by atoms with Gasteiger partial charge in [0.25, 0.3) is 5.91 Å². The second-order valence-electron chi connectivity index (χ2n) is 5.61. The van der Waals surface area contributed by atoms with Crippen molar-refractivity contribution in [3.63, 3.8) is 0 Å². The Balaban J connectivity index is 2.17. The Morgan fingerprint density at radius 2 is 1.85 bits per heavy atom. The summed E-state index contributed by atoms with van der Waals surface area (Å²) in [5.74, 6) is 0.405. The molecule has 0 spiro atoms. The monoisotopic (exact) mass is 385 g/mol. The van der Waals surface area contributed by atoms with Crippen LogP contribution in [0.25, 0.3) is 0 Å². The average Bonchev–Trinajstić information content (AvgIpc) is 2.69. The van der Waals surface area contributed by atoms with Crippen LogP contribution in [0, 0.1) is 11.3 Å². The Morgan fingerprint density at radius 1 is 1.19 bits per heavy atom. The van der Waals surface area contributed by atoms with Crippen LogP contribution in [0.4, 0.5) is 5.69 Å². The molecule has 6 nitrogen and oxygen atoms in total. The maximum Gasteiger partial charge on any atom is 0.263 e. The van der Waals surface area contributed by atoms with Crippen LogP contribution in [0.3, 0.4) is 0 Å². The van der Waals surface area contributed by atoms with E-state index in [9.17, 15) is 10.1 Å². The van der Waals surface area contributed by atoms with Gasteiger partial charge in [-0.3, -0.25) is 4.79 Å². The molecule has 140 valence electrons. The van der Waals surface area contributed by atoms with Gasteiger partial charge in [0.2, 0.25) is 0 Å². The molecule has 27 heavy (non-hydrogen) atoms. The molecule has 1 unspecified atom stereocenters. The molecule has 0 heterocycles. The van der Waals surface area contributed by atoms with Gasteiger partial charge in [0.05, 0.1) is 31.0 Å². The summed E-state index contributed by atoms with van der Waals surface area (Å²) in [6.45, 7) is 1.85. The quantitative estimate of drug-likeness (QED) is 0.554. The zero-order valence-corrected chi connectivity index (χ0v) is 16.0. The molecule has 0 aliphatic carbocycles. The number of rotatable bonds is 7. The molecule has 0 saturated carbocycles. The van der Waals surface area contributed by atoms with Crippen molar-refractivity contribution in [1.82, 2.24) is 5.32 Å². The number of methoxy groups -OCH3 is 2. The van der Waals surface area contributed by atoms with E-state index in [0.29, 0.717) is 22.2 Å². The largest absolute Gasteiger partial charge is 0.495 e. The average molecular weight is 386 g/mol. The van der Waals surface area contributed by atoms with Gasteiger partial charge in [-0.05, 0) is 12.5 Å². The minimum Gasteiger partial charge on any atom is -0.495 e. The Kier molecular flexibility index (Phi) is 7.09. The molecule has 2 aromatic carbocycles. The van der Waals surface area contributed by atoms with E-state index in [0.717, 1.165) is 5.56 Å². The topological polar surface area (TPSA) is 83.4 Å². The minimum atomic E-state index is -0.485. The predicted molar refractivity (Wildman–Crippen MR) is 105 cm³/mol. The molecular weight excluding hydrogens is 366 g/mol. The van der Waals surface area contributed by atoms with Gasteiger partial charge in [-0.2, -0.15) is 5.26 Å². The molecule has 0 radical (unpaired) electrons. The van der Waals surface area contributed by atoms with Crippen molar-refractivity contribution >= 4 is 23.2 Å². The molecule has 2 aromatic rings. The van der Waals surface area contributed by atoms with Crippen LogP contribution in [0.15, 0.2) is 54.2 Å². The van der Waals surface area contributed by atoms with E-state index in [4.69, 9.17) is 21.1 Å². The van der Waals surface area contributed by atoms with Gasteiger partial charge in [-0.15, -0.1) is 0 Å². The summed E-state index contributed by atoms with van der Waals surface area (Å²) in [5, 5.41) is 15.4. The van der Waals surface area contributed by atoms with E-state index in [1.54, 1.807) is 12.1 Å². The smallest absolute Gasteiger partial charge is 0.263 e. The van der Waals surface area contributed by atoms with E-state index in [-0.39, 0.29) is 11.6 Å². The number of carbonyl (C=O) groups excluding carboxylic acids is 1. The SMILES string of the molecule is COc1cc(N/C=C(/C#N)C(=O)NC(C)c2ccccc2)c(OC)cc1Cl. The maximum absolute atomic E-state index is 12.4. The number of nitriles is 1. The number of amides is 1. The van der Waals surface area contributed by atoms with Crippen molar-refractivity contribution in [3.8, 4) is 17.6 Å². The van der Waals surface area contributed by atoms with Gasteiger partial charge < -0.3 is 20.1 Å². The molecule has 0 fully saturated rings. The van der Waals surface area contributed by atoms with E-state index < -0.39 is 5.91 Å². The van der Waals surface area contributed by atoms with Crippen LogP contribution < -0.4 is 20.1 Å². The van der Waals surface area contributed by atoms with Crippen LogP contribution >= 0.6 is 11.6 Å². The first kappa shape index (κ1) is 20.1. The van der Waals surface area contributed by atoms with Crippen molar-refractivity contribution in [2.45, 2.75) is 13.0 Å². The highest BCUT2D eigenvalue weighted by molar-refractivity contribution is 6.32. The normalized spacial score (nSPS) is 11.9. The summed E-state index contributed by atoms with van der Waals surface area (Å²) in [6, 6.07) is 14.4. The van der Waals surface area contributed by atoms with Gasteiger partial charge in [-0.1, -0.05) is 41.9 Å². The van der Waals surface area contributed by atoms with Crippen LogP contribution in [-0.4, -0.2) is 20.1 Å². The minimum absolute atomic E-state index is 0.0752. The lowest BCUT2D eigenvalue weighted by Gasteiger charge is -2.14. The molecule has 0 aromatic heterocycles. The van der Waals surface area contributed by atoms with Gasteiger partial charge in [0.1, 0.15) is 23.1 Å². The zero-order chi connectivity index (χ0) is 19.8. The zero-order valence-electron chi connectivity index (χ0n) is 15.2. The number of benzene rings is 2. The van der Waals surface area contributed by atoms with Crippen LogP contribution in [-0.2, 0) is 4.79 Å². The Hall–Kier alpha value is -3.17. The molecule has 7 heteroatoms. The molecule has 0 bridgehead atoms. The van der Waals surface area contributed by atoms with E-state index >= 15 is 0 Å². The molecule has 0 aliphatic rings. The van der Waals surface area contributed by atoms with Crippen molar-refractivity contribution in [3.05, 3.63) is 64.8 Å². The van der Waals surface area contributed by atoms with Gasteiger partial charge >= 0.3 is 0 Å². The van der Waals surface area contributed by atoms with E-state index in [1.807, 2.05) is 43.3 Å². The summed E-state index contributed by atoms with van der Waals surface area (Å²) < 4.78 is 10.4. The maximum atomic E-state index is 12.4. The standard InChI is InChI=1S/C20H20ClN3O3/c1-13(14-7-5-4-6-8-14)24-20(25)15(11-22)12-23-17-10-18(26-2)16(21)9-19(17)27-3/h4-10,12-13,23H,1-3H3,(H,24,25)/b15-12-. The molecule has 0 saturated heterocycles. The van der Waals surface area contributed by atoms with Crippen molar-refractivity contribution in [1.29, 1.82) is 5.26 Å². The third kappa shape index (κ3) is 5.16. The fraction of sp³-hybridized carbons (Fsp3) is 0.200. The van der Waals surface area contributed by atoms with Crippen molar-refractivity contribution in [2.24, 2.45) is 0 Å². The van der Waals surface area contributed by atoms with Crippen molar-refractivity contribution in [2.75, 3.05) is 19.5 Å². The highest BCUT2D eigenvalue weighted by Gasteiger charge is 2.14. The second-order valence-corrected chi connectivity index (χ2v) is 6.01. The molecule has 2 rings (SSSR count). The summed E-state index contributed by atoms with van der Waals surface area (Å²) in [5.41, 5.74) is 1.38. The Morgan fingerprint density at radius 3 is 2.44 bits per heavy atom. The first-order valence-corrected chi connectivity index (χ1v) is 8.52. The molecular formula is C20H20ClN3O3. The Labute approximate surface area is 163 Å². The van der Waals surface area contributed by atoms with Crippen LogP contribution in [0.1, 0.15) is 18.5 Å². The second kappa shape index (κ2) is 9.51. The number of hydrogen-bond acceptors (Lipinski definition) is 5. The molecule has 1 amide bonds. The number of ether oxygens (including phenoxy) is 2. The van der Waals surface area contributed by atoms with Crippen LogP contribution in [0.5, 0.6) is 11.5 Å². The molecule has 2 N–H and O–H groups in total. The summed E-state index contributed by atoms with van der Waals surface area (Å²) >= 11 is 6.07. The van der Waals surface area contributed by atoms with Gasteiger partial charge in [-0.25, -0.2) is 0 Å². The number of nitrogens with zero attached hydrogens (tertiary/aromatic N) is 1. The summed E-state index contributed by atoms with van der Waals surface area (Å²) in [4.78, 5) is 12.4. The first-order chi connectivity index (χ1) is 13.0. The Bertz CT molecular complexity index is 876. The number of halogens is 1. The fourth-order valence-corrected chi connectivity index (χ4v) is 2.60. The molecule has 0 aliphatic heterocycles.